The molecule has 2 heterocycles. The normalized spacial score (nSPS) is 15.9. The van der Waals surface area contributed by atoms with Gasteiger partial charge < -0.3 is 28.8 Å². The Morgan fingerprint density at radius 2 is 1.33 bits per heavy atom. The third-order valence-electron chi connectivity index (χ3n) is 8.80. The van der Waals surface area contributed by atoms with Gasteiger partial charge in [0.2, 0.25) is 0 Å². The van der Waals surface area contributed by atoms with Crippen molar-refractivity contribution in [3.05, 3.63) is 139 Å². The summed E-state index contributed by atoms with van der Waals surface area (Å²) in [6, 6.07) is 25.9. The number of rotatable bonds is 14. The standard InChI is InChI=1S/C40H44N4O4/c1-29-10-7-13-31(22-29)39-42-19-21-44(39)26-35(46)28-48-37-17-9-15-33(24-37)40(2,3)32-14-8-16-36(23-32)47-27-34(45)25-43-20-18-41-38(43)30-11-5-4-6-12-30/h4-9,11-24,29,34-35,45-46H,10,25-28H2,1-3H3. The summed E-state index contributed by atoms with van der Waals surface area (Å²) in [5.41, 5.74) is 3.86. The fraction of sp³-hybridized carbons (Fsp3) is 0.300. The molecule has 0 radical (unpaired) electrons. The van der Waals surface area contributed by atoms with Crippen LogP contribution < -0.4 is 9.47 Å². The summed E-state index contributed by atoms with van der Waals surface area (Å²) >= 11 is 0. The van der Waals surface area contributed by atoms with Crippen molar-refractivity contribution in [2.24, 2.45) is 5.92 Å². The van der Waals surface area contributed by atoms with Gasteiger partial charge in [0.1, 0.15) is 48.6 Å². The van der Waals surface area contributed by atoms with Crippen LogP contribution in [0.15, 0.2) is 122 Å². The molecule has 0 spiro atoms. The monoisotopic (exact) mass is 644 g/mol. The van der Waals surface area contributed by atoms with Crippen LogP contribution in [0.4, 0.5) is 0 Å². The Kier molecular flexibility index (Phi) is 10.2. The summed E-state index contributed by atoms with van der Waals surface area (Å²) in [7, 11) is 0. The average molecular weight is 645 g/mol. The number of imidazole rings is 2. The van der Waals surface area contributed by atoms with E-state index in [9.17, 15) is 10.2 Å². The molecular formula is C40H44N4O4. The minimum atomic E-state index is -0.715. The zero-order valence-electron chi connectivity index (χ0n) is 27.8. The molecule has 1 aliphatic rings. The molecule has 0 bridgehead atoms. The first kappa shape index (κ1) is 33.0. The SMILES string of the molecule is CC1C=C(c2nccn2CC(O)COc2cccc(C(C)(C)c3cccc(OCC(O)Cn4ccnc4-c4ccccc4)c3)c2)C=CC1. The molecule has 0 saturated carbocycles. The second-order valence-electron chi connectivity index (χ2n) is 13.0. The van der Waals surface area contributed by atoms with Gasteiger partial charge in [0.05, 0.1) is 13.1 Å². The smallest absolute Gasteiger partial charge is 0.139 e. The molecule has 5 aromatic rings. The lowest BCUT2D eigenvalue weighted by Crippen LogP contribution is -2.25. The molecule has 0 saturated heterocycles. The number of hydrogen-bond donors (Lipinski definition) is 2. The van der Waals surface area contributed by atoms with Gasteiger partial charge >= 0.3 is 0 Å². The average Bonchev–Trinajstić information content (AvgIpc) is 3.77. The number of aliphatic hydroxyl groups excluding tert-OH is 2. The van der Waals surface area contributed by atoms with E-state index < -0.39 is 12.2 Å². The molecule has 1 aliphatic carbocycles. The molecule has 3 aromatic carbocycles. The van der Waals surface area contributed by atoms with Crippen molar-refractivity contribution in [3.63, 3.8) is 0 Å². The molecule has 0 amide bonds. The lowest BCUT2D eigenvalue weighted by Gasteiger charge is -2.27. The van der Waals surface area contributed by atoms with Crippen molar-refractivity contribution in [2.75, 3.05) is 13.2 Å². The maximum Gasteiger partial charge on any atom is 0.139 e. The van der Waals surface area contributed by atoms with Crippen molar-refractivity contribution in [1.82, 2.24) is 19.1 Å². The molecule has 48 heavy (non-hydrogen) atoms. The highest BCUT2D eigenvalue weighted by atomic mass is 16.5. The number of aromatic nitrogens is 4. The van der Waals surface area contributed by atoms with Crippen LogP contribution in [0, 0.1) is 5.92 Å². The van der Waals surface area contributed by atoms with E-state index in [2.05, 4.69) is 61.1 Å². The van der Waals surface area contributed by atoms with Crippen molar-refractivity contribution in [1.29, 1.82) is 0 Å². The fourth-order valence-corrected chi connectivity index (χ4v) is 6.07. The van der Waals surface area contributed by atoms with Gasteiger partial charge in [-0.1, -0.05) is 93.6 Å². The number of ether oxygens (including phenoxy) is 2. The molecule has 0 fully saturated rings. The van der Waals surface area contributed by atoms with Gasteiger partial charge in [-0.3, -0.25) is 0 Å². The number of nitrogens with zero attached hydrogens (tertiary/aromatic N) is 4. The third kappa shape index (κ3) is 7.95. The van der Waals surface area contributed by atoms with Crippen LogP contribution in [0.5, 0.6) is 11.5 Å². The van der Waals surface area contributed by atoms with Gasteiger partial charge in [0.15, 0.2) is 0 Å². The molecule has 0 aliphatic heterocycles. The quantitative estimate of drug-likeness (QED) is 0.136. The molecule has 6 rings (SSSR count). The van der Waals surface area contributed by atoms with E-state index in [1.807, 2.05) is 88.3 Å². The van der Waals surface area contributed by atoms with Crippen LogP contribution >= 0.6 is 0 Å². The Bertz CT molecular complexity index is 1860. The molecule has 2 aromatic heterocycles. The summed E-state index contributed by atoms with van der Waals surface area (Å²) in [5.74, 6) is 3.53. The van der Waals surface area contributed by atoms with Gasteiger partial charge in [-0.25, -0.2) is 9.97 Å². The Balaban J connectivity index is 1.05. The maximum absolute atomic E-state index is 10.9. The molecular weight excluding hydrogens is 600 g/mol. The molecule has 8 heteroatoms. The van der Waals surface area contributed by atoms with E-state index in [0.29, 0.717) is 30.5 Å². The first-order valence-electron chi connectivity index (χ1n) is 16.6. The highest BCUT2D eigenvalue weighted by Gasteiger charge is 2.25. The van der Waals surface area contributed by atoms with Crippen LogP contribution in [0.1, 0.15) is 44.1 Å². The zero-order chi connectivity index (χ0) is 33.5. The largest absolute Gasteiger partial charge is 0.491 e. The number of benzene rings is 3. The first-order valence-corrected chi connectivity index (χ1v) is 16.6. The lowest BCUT2D eigenvalue weighted by atomic mass is 9.78. The minimum Gasteiger partial charge on any atom is -0.491 e. The van der Waals surface area contributed by atoms with E-state index in [0.717, 1.165) is 40.3 Å². The zero-order valence-corrected chi connectivity index (χ0v) is 27.8. The molecule has 3 unspecified atom stereocenters. The molecule has 3 atom stereocenters. The second kappa shape index (κ2) is 14.9. The molecule has 8 nitrogen and oxygen atoms in total. The predicted octanol–water partition coefficient (Wildman–Crippen LogP) is 6.93. The number of allylic oxidation sites excluding steroid dienone is 4. The maximum atomic E-state index is 10.9. The Morgan fingerprint density at radius 3 is 1.92 bits per heavy atom. The highest BCUT2D eigenvalue weighted by Crippen LogP contribution is 2.35. The van der Waals surface area contributed by atoms with Gasteiger partial charge in [-0.2, -0.15) is 0 Å². The van der Waals surface area contributed by atoms with Crippen molar-refractivity contribution in [3.8, 4) is 22.9 Å². The summed E-state index contributed by atoms with van der Waals surface area (Å²) in [6.07, 6.45) is 13.4. The second-order valence-corrected chi connectivity index (χ2v) is 13.0. The van der Waals surface area contributed by atoms with E-state index in [4.69, 9.17) is 9.47 Å². The van der Waals surface area contributed by atoms with Crippen molar-refractivity contribution in [2.45, 2.75) is 57.9 Å². The Hall–Kier alpha value is -4.92. The van der Waals surface area contributed by atoms with Crippen molar-refractivity contribution >= 4 is 5.57 Å². The Morgan fingerprint density at radius 1 is 0.771 bits per heavy atom. The van der Waals surface area contributed by atoms with Gasteiger partial charge in [0.25, 0.3) is 0 Å². The Labute approximate surface area is 282 Å². The third-order valence-corrected chi connectivity index (χ3v) is 8.80. The summed E-state index contributed by atoms with van der Waals surface area (Å²) in [5, 5.41) is 21.7. The lowest BCUT2D eigenvalue weighted by molar-refractivity contribution is 0.0922. The summed E-state index contributed by atoms with van der Waals surface area (Å²) in [6.45, 7) is 7.58. The van der Waals surface area contributed by atoms with Crippen LogP contribution in [-0.4, -0.2) is 54.7 Å². The van der Waals surface area contributed by atoms with E-state index in [-0.39, 0.29) is 18.6 Å². The van der Waals surface area contributed by atoms with Crippen LogP contribution in [0.3, 0.4) is 0 Å². The highest BCUT2D eigenvalue weighted by molar-refractivity contribution is 5.71. The summed E-state index contributed by atoms with van der Waals surface area (Å²) < 4.78 is 16.1. The molecule has 2 N–H and O–H groups in total. The van der Waals surface area contributed by atoms with E-state index >= 15 is 0 Å². The predicted molar refractivity (Wildman–Crippen MR) is 189 cm³/mol. The number of aliphatic hydroxyl groups is 2. The van der Waals surface area contributed by atoms with Crippen molar-refractivity contribution < 1.29 is 19.7 Å². The number of hydrogen-bond acceptors (Lipinski definition) is 6. The summed E-state index contributed by atoms with van der Waals surface area (Å²) in [4.78, 5) is 9.00. The minimum absolute atomic E-state index is 0.149. The van der Waals surface area contributed by atoms with Crippen LogP contribution in [-0.2, 0) is 18.5 Å². The first-order chi connectivity index (χ1) is 23.3. The molecule has 248 valence electrons. The van der Waals surface area contributed by atoms with Crippen LogP contribution in [0.25, 0.3) is 17.0 Å². The van der Waals surface area contributed by atoms with Gasteiger partial charge in [0, 0.05) is 41.3 Å². The van der Waals surface area contributed by atoms with E-state index in [1.54, 1.807) is 12.4 Å². The van der Waals surface area contributed by atoms with Gasteiger partial charge in [-0.15, -0.1) is 0 Å². The van der Waals surface area contributed by atoms with Crippen LogP contribution in [0.2, 0.25) is 0 Å². The topological polar surface area (TPSA) is 94.6 Å². The fourth-order valence-electron chi connectivity index (χ4n) is 6.07. The van der Waals surface area contributed by atoms with E-state index in [1.165, 1.54) is 0 Å². The van der Waals surface area contributed by atoms with Gasteiger partial charge in [-0.05, 0) is 47.7 Å².